The first kappa shape index (κ1) is 21.3. The number of carbonyl (C=O) groups excluding carboxylic acids is 1. The molecule has 0 aliphatic heterocycles. The van der Waals surface area contributed by atoms with E-state index in [-0.39, 0.29) is 18.3 Å². The molecule has 0 radical (unpaired) electrons. The van der Waals surface area contributed by atoms with Crippen molar-refractivity contribution in [3.05, 3.63) is 71.3 Å². The van der Waals surface area contributed by atoms with Gasteiger partial charge in [-0.25, -0.2) is 4.39 Å². The molecule has 32 heavy (non-hydrogen) atoms. The number of anilines is 1. The zero-order valence-corrected chi connectivity index (χ0v) is 18.3. The Kier molecular flexibility index (Phi) is 5.77. The number of nitrogens with zero attached hydrogens (tertiary/aromatic N) is 3. The third-order valence-electron chi connectivity index (χ3n) is 5.33. The molecule has 1 N–H and O–H groups in total. The van der Waals surface area contributed by atoms with E-state index >= 15 is 0 Å². The van der Waals surface area contributed by atoms with Crippen LogP contribution in [0.4, 0.5) is 10.1 Å². The van der Waals surface area contributed by atoms with Crippen molar-refractivity contribution in [1.29, 1.82) is 0 Å². The van der Waals surface area contributed by atoms with Crippen LogP contribution >= 0.6 is 0 Å². The van der Waals surface area contributed by atoms with E-state index < -0.39 is 0 Å². The first-order valence-corrected chi connectivity index (χ1v) is 10.1. The second-order valence-corrected chi connectivity index (χ2v) is 7.52. The fourth-order valence-electron chi connectivity index (χ4n) is 3.54. The molecule has 0 spiro atoms. The van der Waals surface area contributed by atoms with Crippen molar-refractivity contribution in [2.75, 3.05) is 12.4 Å². The molecular weight excluding hydrogens is 411 g/mol. The van der Waals surface area contributed by atoms with Crippen molar-refractivity contribution in [2.24, 2.45) is 0 Å². The first-order valence-electron chi connectivity index (χ1n) is 10.1. The van der Waals surface area contributed by atoms with Crippen LogP contribution in [0.25, 0.3) is 22.9 Å². The molecule has 0 fully saturated rings. The zero-order valence-electron chi connectivity index (χ0n) is 18.3. The van der Waals surface area contributed by atoms with Crippen LogP contribution in [0.3, 0.4) is 0 Å². The Labute approximate surface area is 184 Å². The Bertz CT molecular complexity index is 1280. The van der Waals surface area contributed by atoms with Crippen LogP contribution in [-0.2, 0) is 11.3 Å². The predicted molar refractivity (Wildman–Crippen MR) is 119 cm³/mol. The summed E-state index contributed by atoms with van der Waals surface area (Å²) in [6.45, 7) is 5.87. The fraction of sp³-hybridized carbons (Fsp3) is 0.208. The van der Waals surface area contributed by atoms with Crippen molar-refractivity contribution in [2.45, 2.75) is 27.3 Å². The summed E-state index contributed by atoms with van der Waals surface area (Å²) in [5.41, 5.74) is 4.75. The number of benzene rings is 2. The van der Waals surface area contributed by atoms with Gasteiger partial charge in [-0.1, -0.05) is 0 Å². The second kappa shape index (κ2) is 8.66. The topological polar surface area (TPSA) is 82.2 Å². The lowest BCUT2D eigenvalue weighted by molar-refractivity contribution is -0.116. The van der Waals surface area contributed by atoms with Gasteiger partial charge in [0.1, 0.15) is 18.1 Å². The van der Waals surface area contributed by atoms with Crippen molar-refractivity contribution in [3.8, 4) is 28.7 Å². The van der Waals surface area contributed by atoms with Gasteiger partial charge in [-0.05, 0) is 74.9 Å². The van der Waals surface area contributed by atoms with Crippen LogP contribution in [-0.4, -0.2) is 27.8 Å². The lowest BCUT2D eigenvalue weighted by Gasteiger charge is -2.12. The smallest absolute Gasteiger partial charge is 0.249 e. The molecule has 7 nitrogen and oxygen atoms in total. The summed E-state index contributed by atoms with van der Waals surface area (Å²) in [6, 6.07) is 13.3. The van der Waals surface area contributed by atoms with Gasteiger partial charge in [0.2, 0.25) is 17.7 Å². The van der Waals surface area contributed by atoms with Gasteiger partial charge in [0.05, 0.1) is 12.7 Å². The molecule has 1 amide bonds. The molecule has 0 saturated carbocycles. The van der Waals surface area contributed by atoms with E-state index in [0.717, 1.165) is 34.0 Å². The molecule has 8 heteroatoms. The number of rotatable bonds is 6. The maximum Gasteiger partial charge on any atom is 0.249 e. The number of ether oxygens (including phenoxy) is 1. The average Bonchev–Trinajstić information content (AvgIpc) is 3.36. The van der Waals surface area contributed by atoms with Crippen LogP contribution in [0.15, 0.2) is 52.9 Å². The third-order valence-corrected chi connectivity index (χ3v) is 5.33. The van der Waals surface area contributed by atoms with E-state index in [9.17, 15) is 9.18 Å². The Morgan fingerprint density at radius 2 is 1.78 bits per heavy atom. The van der Waals surface area contributed by atoms with Crippen LogP contribution in [0, 0.1) is 26.6 Å². The van der Waals surface area contributed by atoms with E-state index in [1.807, 2.05) is 43.5 Å². The minimum absolute atomic E-state index is 0.141. The lowest BCUT2D eigenvalue weighted by Crippen LogP contribution is -2.20. The van der Waals surface area contributed by atoms with E-state index in [4.69, 9.17) is 9.15 Å². The van der Waals surface area contributed by atoms with E-state index in [1.54, 1.807) is 25.3 Å². The van der Waals surface area contributed by atoms with Gasteiger partial charge >= 0.3 is 0 Å². The van der Waals surface area contributed by atoms with E-state index in [0.29, 0.717) is 17.3 Å². The molecule has 4 rings (SSSR count). The molecule has 0 saturated heterocycles. The Morgan fingerprint density at radius 3 is 2.47 bits per heavy atom. The van der Waals surface area contributed by atoms with E-state index in [2.05, 4.69) is 15.5 Å². The minimum atomic E-state index is -0.333. The largest absolute Gasteiger partial charge is 0.497 e. The Balaban J connectivity index is 1.53. The molecule has 4 aromatic rings. The highest BCUT2D eigenvalue weighted by Gasteiger charge is 2.19. The number of amides is 1. The number of aromatic nitrogens is 3. The number of hydrogen-bond acceptors (Lipinski definition) is 5. The van der Waals surface area contributed by atoms with Gasteiger partial charge in [-0.15, -0.1) is 10.2 Å². The van der Waals surface area contributed by atoms with Gasteiger partial charge in [0, 0.05) is 22.6 Å². The van der Waals surface area contributed by atoms with Crippen LogP contribution in [0.2, 0.25) is 0 Å². The second-order valence-electron chi connectivity index (χ2n) is 7.52. The van der Waals surface area contributed by atoms with Crippen LogP contribution in [0.1, 0.15) is 17.0 Å². The van der Waals surface area contributed by atoms with Gasteiger partial charge < -0.3 is 19.0 Å². The van der Waals surface area contributed by atoms with Crippen LogP contribution in [0.5, 0.6) is 5.75 Å². The number of carbonyl (C=O) groups is 1. The average molecular weight is 434 g/mol. The number of aryl methyl sites for hydroxylation is 2. The van der Waals surface area contributed by atoms with Crippen LogP contribution < -0.4 is 10.1 Å². The fourth-order valence-corrected chi connectivity index (χ4v) is 3.54. The lowest BCUT2D eigenvalue weighted by atomic mass is 10.2. The summed E-state index contributed by atoms with van der Waals surface area (Å²) in [5, 5.41) is 11.2. The molecule has 2 heterocycles. The highest BCUT2D eigenvalue weighted by molar-refractivity contribution is 5.91. The maximum atomic E-state index is 13.2. The first-order chi connectivity index (χ1) is 15.4. The van der Waals surface area contributed by atoms with Crippen molar-refractivity contribution >= 4 is 11.6 Å². The molecule has 0 bridgehead atoms. The molecule has 0 aliphatic carbocycles. The number of halogens is 1. The Morgan fingerprint density at radius 1 is 1.06 bits per heavy atom. The summed E-state index contributed by atoms with van der Waals surface area (Å²) >= 11 is 0. The van der Waals surface area contributed by atoms with Crippen molar-refractivity contribution in [3.63, 3.8) is 0 Å². The maximum absolute atomic E-state index is 13.2. The summed E-state index contributed by atoms with van der Waals surface area (Å²) < 4.78 is 26.1. The number of hydrogen-bond donors (Lipinski definition) is 1. The predicted octanol–water partition coefficient (Wildman–Crippen LogP) is 4.92. The summed E-state index contributed by atoms with van der Waals surface area (Å²) in [4.78, 5) is 12.7. The summed E-state index contributed by atoms with van der Waals surface area (Å²) in [6.07, 6.45) is 0. The SMILES string of the molecule is COc1ccc(NC(=O)Cn2c(C)cc(-c3nnc(-c4ccc(F)cc4)o3)c2C)c(C)c1. The molecule has 0 aliphatic rings. The monoisotopic (exact) mass is 434 g/mol. The molecule has 164 valence electrons. The Hall–Kier alpha value is -3.94. The van der Waals surface area contributed by atoms with Gasteiger partial charge in [-0.2, -0.15) is 0 Å². The number of nitrogens with one attached hydrogen (secondary N) is 1. The zero-order chi connectivity index (χ0) is 22.8. The highest BCUT2D eigenvalue weighted by Crippen LogP contribution is 2.29. The van der Waals surface area contributed by atoms with Gasteiger partial charge in [0.15, 0.2) is 0 Å². The number of methoxy groups -OCH3 is 1. The van der Waals surface area contributed by atoms with Crippen molar-refractivity contribution in [1.82, 2.24) is 14.8 Å². The quantitative estimate of drug-likeness (QED) is 0.466. The molecule has 2 aromatic heterocycles. The summed E-state index contributed by atoms with van der Waals surface area (Å²) in [5.74, 6) is 0.902. The molecular formula is C24H23FN4O3. The normalized spacial score (nSPS) is 10.9. The third kappa shape index (κ3) is 4.25. The minimum Gasteiger partial charge on any atom is -0.497 e. The standard InChI is InChI=1S/C24H23FN4O3/c1-14-11-19(31-4)9-10-21(14)26-22(30)13-29-15(2)12-20(16(29)3)24-28-27-23(32-24)17-5-7-18(25)8-6-17/h5-12H,13H2,1-4H3,(H,26,30). The molecule has 0 unspecified atom stereocenters. The summed E-state index contributed by atoms with van der Waals surface area (Å²) in [7, 11) is 1.61. The highest BCUT2D eigenvalue weighted by atomic mass is 19.1. The van der Waals surface area contributed by atoms with Gasteiger partial charge in [0.25, 0.3) is 0 Å². The van der Waals surface area contributed by atoms with Gasteiger partial charge in [-0.3, -0.25) is 4.79 Å². The molecule has 0 atom stereocenters. The molecule has 2 aromatic carbocycles. The van der Waals surface area contributed by atoms with E-state index in [1.165, 1.54) is 12.1 Å². The van der Waals surface area contributed by atoms with Crippen molar-refractivity contribution < 1.29 is 18.3 Å².